The number of hydrogen-bond donors (Lipinski definition) is 2. The van der Waals surface area contributed by atoms with Gasteiger partial charge in [0.1, 0.15) is 5.76 Å². The maximum atomic E-state index is 11.9. The van der Waals surface area contributed by atoms with Crippen molar-refractivity contribution < 1.29 is 18.7 Å². The van der Waals surface area contributed by atoms with Crippen LogP contribution >= 0.6 is 0 Å². The quantitative estimate of drug-likeness (QED) is 0.483. The van der Waals surface area contributed by atoms with Gasteiger partial charge in [0, 0.05) is 51.7 Å². The number of amides is 1. The third kappa shape index (κ3) is 7.53. The van der Waals surface area contributed by atoms with E-state index in [1.165, 1.54) is 0 Å². The molecule has 2 aliphatic heterocycles. The summed E-state index contributed by atoms with van der Waals surface area (Å²) in [5.74, 6) is 1.78. The van der Waals surface area contributed by atoms with Crippen LogP contribution in [0.25, 0.3) is 0 Å². The molecule has 0 aliphatic carbocycles. The summed E-state index contributed by atoms with van der Waals surface area (Å²) in [6.07, 6.45) is 4.04. The minimum absolute atomic E-state index is 0.216. The molecular formula is C21H35N5O4. The number of furan rings is 1. The fourth-order valence-corrected chi connectivity index (χ4v) is 3.65. The summed E-state index contributed by atoms with van der Waals surface area (Å²) in [4.78, 5) is 20.8. The molecule has 0 aromatic carbocycles. The van der Waals surface area contributed by atoms with Gasteiger partial charge in [-0.25, -0.2) is 4.79 Å². The molecule has 3 heterocycles. The number of nitrogens with zero attached hydrogens (tertiary/aromatic N) is 3. The molecule has 0 unspecified atom stereocenters. The number of nitrogens with one attached hydrogen (secondary N) is 2. The Balaban J connectivity index is 1.46. The highest BCUT2D eigenvalue weighted by atomic mass is 16.6. The molecule has 1 aromatic heterocycles. The molecule has 9 nitrogen and oxygen atoms in total. The molecule has 2 fully saturated rings. The van der Waals surface area contributed by atoms with Gasteiger partial charge in [0.25, 0.3) is 0 Å². The topological polar surface area (TPSA) is 91.6 Å². The van der Waals surface area contributed by atoms with Crippen molar-refractivity contribution in [2.45, 2.75) is 32.2 Å². The molecule has 0 radical (unpaired) electrons. The Morgan fingerprint density at radius 2 is 2.07 bits per heavy atom. The van der Waals surface area contributed by atoms with Crippen molar-refractivity contribution in [3.8, 4) is 0 Å². The standard InChI is InChI=1S/C21H35N5O4/c1-2-29-21(27)26-10-6-18(7-11-26)24-20(22-8-5-19-4-3-15-30-19)23-9-12-25-13-16-28-17-14-25/h3-4,15,18H,2,5-14,16-17H2,1H3,(H2,22,23,24). The van der Waals surface area contributed by atoms with Gasteiger partial charge in [-0.15, -0.1) is 0 Å². The molecule has 2 N–H and O–H groups in total. The molecule has 1 amide bonds. The predicted octanol–water partition coefficient (Wildman–Crippen LogP) is 1.31. The summed E-state index contributed by atoms with van der Waals surface area (Å²) < 4.78 is 15.9. The third-order valence-electron chi connectivity index (χ3n) is 5.40. The Morgan fingerprint density at radius 1 is 1.27 bits per heavy atom. The van der Waals surface area contributed by atoms with Gasteiger partial charge < -0.3 is 29.4 Å². The summed E-state index contributed by atoms with van der Waals surface area (Å²) in [7, 11) is 0. The molecule has 2 saturated heterocycles. The lowest BCUT2D eigenvalue weighted by molar-refractivity contribution is 0.0394. The lowest BCUT2D eigenvalue weighted by Crippen LogP contribution is -2.50. The van der Waals surface area contributed by atoms with Crippen molar-refractivity contribution in [1.29, 1.82) is 0 Å². The molecule has 168 valence electrons. The molecule has 0 bridgehead atoms. The summed E-state index contributed by atoms with van der Waals surface area (Å²) in [5.41, 5.74) is 0. The van der Waals surface area contributed by atoms with E-state index in [0.717, 1.165) is 76.9 Å². The highest BCUT2D eigenvalue weighted by Gasteiger charge is 2.24. The van der Waals surface area contributed by atoms with Gasteiger partial charge in [-0.1, -0.05) is 0 Å². The van der Waals surface area contributed by atoms with Crippen molar-refractivity contribution in [1.82, 2.24) is 20.4 Å². The lowest BCUT2D eigenvalue weighted by Gasteiger charge is -2.32. The molecule has 1 aromatic rings. The van der Waals surface area contributed by atoms with Crippen molar-refractivity contribution in [3.63, 3.8) is 0 Å². The Kier molecular flexibility index (Phi) is 9.30. The molecule has 0 atom stereocenters. The highest BCUT2D eigenvalue weighted by Crippen LogP contribution is 2.11. The van der Waals surface area contributed by atoms with Crippen LogP contribution in [0.4, 0.5) is 4.79 Å². The van der Waals surface area contributed by atoms with Gasteiger partial charge in [0.15, 0.2) is 5.96 Å². The van der Waals surface area contributed by atoms with Gasteiger partial charge in [0.2, 0.25) is 0 Å². The van der Waals surface area contributed by atoms with E-state index in [9.17, 15) is 4.79 Å². The van der Waals surface area contributed by atoms with E-state index in [1.54, 1.807) is 11.2 Å². The fraction of sp³-hybridized carbons (Fsp3) is 0.714. The Bertz CT molecular complexity index is 638. The lowest BCUT2D eigenvalue weighted by atomic mass is 10.1. The van der Waals surface area contributed by atoms with Crippen LogP contribution in [0.3, 0.4) is 0 Å². The smallest absolute Gasteiger partial charge is 0.409 e. The monoisotopic (exact) mass is 421 g/mol. The van der Waals surface area contributed by atoms with Crippen LogP contribution in [-0.4, -0.2) is 93.5 Å². The Morgan fingerprint density at radius 3 is 2.77 bits per heavy atom. The number of ether oxygens (including phenoxy) is 2. The predicted molar refractivity (Wildman–Crippen MR) is 115 cm³/mol. The minimum atomic E-state index is -0.216. The molecular weight excluding hydrogens is 386 g/mol. The van der Waals surface area contributed by atoms with E-state index in [1.807, 2.05) is 19.1 Å². The van der Waals surface area contributed by atoms with E-state index in [4.69, 9.17) is 18.9 Å². The van der Waals surface area contributed by atoms with Crippen LogP contribution in [0.1, 0.15) is 25.5 Å². The normalized spacial score (nSPS) is 19.0. The number of morpholine rings is 1. The van der Waals surface area contributed by atoms with Crippen molar-refractivity contribution in [2.75, 3.05) is 65.6 Å². The summed E-state index contributed by atoms with van der Waals surface area (Å²) >= 11 is 0. The Labute approximate surface area is 178 Å². The largest absolute Gasteiger partial charge is 0.469 e. The van der Waals surface area contributed by atoms with Crippen LogP contribution in [-0.2, 0) is 15.9 Å². The van der Waals surface area contributed by atoms with Crippen LogP contribution < -0.4 is 10.6 Å². The van der Waals surface area contributed by atoms with Gasteiger partial charge in [-0.3, -0.25) is 9.89 Å². The van der Waals surface area contributed by atoms with Crippen LogP contribution in [0.15, 0.2) is 27.8 Å². The number of carbonyl (C=O) groups is 1. The van der Waals surface area contributed by atoms with Gasteiger partial charge >= 0.3 is 6.09 Å². The van der Waals surface area contributed by atoms with E-state index in [0.29, 0.717) is 19.7 Å². The maximum Gasteiger partial charge on any atom is 0.409 e. The zero-order valence-electron chi connectivity index (χ0n) is 18.0. The number of likely N-dealkylation sites (tertiary alicyclic amines) is 1. The van der Waals surface area contributed by atoms with Crippen molar-refractivity contribution >= 4 is 12.1 Å². The molecule has 9 heteroatoms. The zero-order chi connectivity index (χ0) is 21.0. The average Bonchev–Trinajstić information content (AvgIpc) is 3.28. The number of carbonyl (C=O) groups excluding carboxylic acids is 1. The second kappa shape index (κ2) is 12.4. The van der Waals surface area contributed by atoms with E-state index in [2.05, 4.69) is 15.5 Å². The fourth-order valence-electron chi connectivity index (χ4n) is 3.65. The number of guanidine groups is 1. The number of hydrogen-bond acceptors (Lipinski definition) is 6. The van der Waals surface area contributed by atoms with Crippen molar-refractivity contribution in [3.05, 3.63) is 24.2 Å². The van der Waals surface area contributed by atoms with Crippen LogP contribution in [0.2, 0.25) is 0 Å². The first-order chi connectivity index (χ1) is 14.7. The summed E-state index contributed by atoms with van der Waals surface area (Å²) in [6, 6.07) is 4.17. The van der Waals surface area contributed by atoms with Gasteiger partial charge in [-0.2, -0.15) is 0 Å². The van der Waals surface area contributed by atoms with Gasteiger partial charge in [-0.05, 0) is 31.9 Å². The van der Waals surface area contributed by atoms with Crippen molar-refractivity contribution in [2.24, 2.45) is 4.99 Å². The third-order valence-corrected chi connectivity index (χ3v) is 5.40. The number of piperidine rings is 1. The zero-order valence-corrected chi connectivity index (χ0v) is 18.0. The van der Waals surface area contributed by atoms with E-state index in [-0.39, 0.29) is 12.1 Å². The second-order valence-corrected chi connectivity index (χ2v) is 7.55. The molecule has 2 aliphatic rings. The second-order valence-electron chi connectivity index (χ2n) is 7.55. The maximum absolute atomic E-state index is 11.9. The molecule has 3 rings (SSSR count). The Hall–Kier alpha value is -2.26. The SMILES string of the molecule is CCOC(=O)N1CCC(NC(=NCCN2CCOCC2)NCCc2ccco2)CC1. The first-order valence-corrected chi connectivity index (χ1v) is 11.0. The van der Waals surface area contributed by atoms with Crippen LogP contribution in [0, 0.1) is 0 Å². The summed E-state index contributed by atoms with van der Waals surface area (Å²) in [6.45, 7) is 9.59. The molecule has 30 heavy (non-hydrogen) atoms. The minimum Gasteiger partial charge on any atom is -0.469 e. The summed E-state index contributed by atoms with van der Waals surface area (Å²) in [5, 5.41) is 6.98. The number of aliphatic imine (C=N–C) groups is 1. The van der Waals surface area contributed by atoms with Gasteiger partial charge in [0.05, 0.1) is 32.6 Å². The molecule has 0 saturated carbocycles. The van der Waals surface area contributed by atoms with Crippen LogP contribution in [0.5, 0.6) is 0 Å². The first kappa shape index (κ1) is 22.4. The van der Waals surface area contributed by atoms with E-state index >= 15 is 0 Å². The van der Waals surface area contributed by atoms with E-state index < -0.39 is 0 Å². The first-order valence-electron chi connectivity index (χ1n) is 11.0. The average molecular weight is 422 g/mol. The highest BCUT2D eigenvalue weighted by molar-refractivity contribution is 5.80. The molecule has 0 spiro atoms. The number of rotatable bonds is 8.